The summed E-state index contributed by atoms with van der Waals surface area (Å²) in [4.78, 5) is 0. The van der Waals surface area contributed by atoms with Gasteiger partial charge in [0.25, 0.3) is 0 Å². The number of hydrogen-bond acceptors (Lipinski definition) is 3. The van der Waals surface area contributed by atoms with Gasteiger partial charge in [-0.05, 0) is 54.2 Å². The lowest BCUT2D eigenvalue weighted by Gasteiger charge is -2.40. The first-order valence-corrected chi connectivity index (χ1v) is 8.29. The van der Waals surface area contributed by atoms with Gasteiger partial charge in [0, 0.05) is 18.5 Å². The van der Waals surface area contributed by atoms with Crippen LogP contribution in [0.25, 0.3) is 0 Å². The molecule has 2 aromatic carbocycles. The molecule has 2 atom stereocenters. The molecule has 4 rings (SSSR count). The fraction of sp³-hybridized carbons (Fsp3) is 0.400. The molecule has 0 radical (unpaired) electrons. The van der Waals surface area contributed by atoms with Crippen molar-refractivity contribution in [1.29, 1.82) is 0 Å². The minimum absolute atomic E-state index is 0.405. The summed E-state index contributed by atoms with van der Waals surface area (Å²) in [5, 5.41) is 3.74. The van der Waals surface area contributed by atoms with Crippen LogP contribution in [0.5, 0.6) is 11.5 Å². The van der Waals surface area contributed by atoms with Crippen LogP contribution in [0.1, 0.15) is 40.2 Å². The number of fused-ring (bicyclic) bond motifs is 5. The van der Waals surface area contributed by atoms with Gasteiger partial charge in [-0.15, -0.1) is 0 Å². The third-order valence-electron chi connectivity index (χ3n) is 5.30. The van der Waals surface area contributed by atoms with Gasteiger partial charge in [-0.2, -0.15) is 0 Å². The number of ether oxygens (including phenoxy) is 2. The lowest BCUT2D eigenvalue weighted by molar-refractivity contribution is 0.349. The highest BCUT2D eigenvalue weighted by atomic mass is 16.5. The second kappa shape index (κ2) is 5.57. The van der Waals surface area contributed by atoms with Crippen LogP contribution in [-0.4, -0.2) is 20.3 Å². The Kier molecular flexibility index (Phi) is 3.53. The second-order valence-electron chi connectivity index (χ2n) is 6.61. The average Bonchev–Trinajstić information content (AvgIpc) is 2.59. The fourth-order valence-corrected chi connectivity index (χ4v) is 4.17. The van der Waals surface area contributed by atoms with Gasteiger partial charge in [0.15, 0.2) is 11.5 Å². The van der Waals surface area contributed by atoms with Crippen molar-refractivity contribution in [2.45, 2.75) is 38.3 Å². The fourth-order valence-electron chi connectivity index (χ4n) is 4.17. The zero-order valence-electron chi connectivity index (χ0n) is 14.0. The van der Waals surface area contributed by atoms with Gasteiger partial charge < -0.3 is 14.8 Å². The van der Waals surface area contributed by atoms with Crippen molar-refractivity contribution in [2.24, 2.45) is 0 Å². The highest BCUT2D eigenvalue weighted by molar-refractivity contribution is 5.54. The summed E-state index contributed by atoms with van der Waals surface area (Å²) in [6.07, 6.45) is 2.26. The van der Waals surface area contributed by atoms with Crippen molar-refractivity contribution in [2.75, 3.05) is 14.2 Å². The summed E-state index contributed by atoms with van der Waals surface area (Å²) in [6, 6.07) is 11.7. The van der Waals surface area contributed by atoms with E-state index in [-0.39, 0.29) is 0 Å². The predicted molar refractivity (Wildman–Crippen MR) is 91.5 cm³/mol. The summed E-state index contributed by atoms with van der Waals surface area (Å²) in [5.74, 6) is 2.06. The standard InChI is InChI=1S/C20H23NO2/c1-12-4-6-15-14(8-12)11-21-17-7-5-13-9-18(22-2)19(23-3)10-16(13)20(15)17/h4,6,8-10,17,20-21H,5,7,11H2,1-3H3. The molecule has 0 fully saturated rings. The molecule has 2 aliphatic rings. The molecule has 3 nitrogen and oxygen atoms in total. The summed E-state index contributed by atoms with van der Waals surface area (Å²) in [7, 11) is 3.41. The van der Waals surface area contributed by atoms with Crippen LogP contribution in [0, 0.1) is 6.92 Å². The monoisotopic (exact) mass is 309 g/mol. The van der Waals surface area contributed by atoms with Crippen molar-refractivity contribution >= 4 is 0 Å². The third-order valence-corrected chi connectivity index (χ3v) is 5.30. The summed E-state index contributed by atoms with van der Waals surface area (Å²) in [6.45, 7) is 3.13. The molecule has 2 aromatic rings. The van der Waals surface area contributed by atoms with Crippen molar-refractivity contribution in [3.05, 3.63) is 58.1 Å². The molecule has 23 heavy (non-hydrogen) atoms. The zero-order chi connectivity index (χ0) is 16.0. The third kappa shape index (κ3) is 2.31. The van der Waals surface area contributed by atoms with Crippen LogP contribution in [0.4, 0.5) is 0 Å². The minimum atomic E-state index is 0.405. The Morgan fingerprint density at radius 2 is 1.74 bits per heavy atom. The largest absolute Gasteiger partial charge is 0.493 e. The number of nitrogens with one attached hydrogen (secondary N) is 1. The van der Waals surface area contributed by atoms with Crippen molar-refractivity contribution in [1.82, 2.24) is 5.32 Å². The molecule has 3 heteroatoms. The van der Waals surface area contributed by atoms with E-state index in [9.17, 15) is 0 Å². The summed E-state index contributed by atoms with van der Waals surface area (Å²) < 4.78 is 11.0. The van der Waals surface area contributed by atoms with Gasteiger partial charge in [-0.1, -0.05) is 23.8 Å². The first kappa shape index (κ1) is 14.6. The van der Waals surface area contributed by atoms with Gasteiger partial charge in [0.2, 0.25) is 0 Å². The Labute approximate surface area is 137 Å². The molecule has 0 aromatic heterocycles. The molecule has 120 valence electrons. The average molecular weight is 309 g/mol. The molecular formula is C20H23NO2. The van der Waals surface area contributed by atoms with Crippen LogP contribution < -0.4 is 14.8 Å². The van der Waals surface area contributed by atoms with Crippen molar-refractivity contribution in [3.63, 3.8) is 0 Å². The second-order valence-corrected chi connectivity index (χ2v) is 6.61. The maximum atomic E-state index is 5.54. The molecule has 0 saturated carbocycles. The lowest BCUT2D eigenvalue weighted by Crippen LogP contribution is -2.42. The summed E-state index contributed by atoms with van der Waals surface area (Å²) in [5.41, 5.74) is 6.99. The first-order valence-electron chi connectivity index (χ1n) is 8.29. The van der Waals surface area contributed by atoms with Crippen molar-refractivity contribution in [3.8, 4) is 11.5 Å². The normalized spacial score (nSPS) is 21.9. The maximum absolute atomic E-state index is 5.54. The van der Waals surface area contributed by atoms with Gasteiger partial charge in [0.1, 0.15) is 0 Å². The minimum Gasteiger partial charge on any atom is -0.493 e. The van der Waals surface area contributed by atoms with E-state index in [1.165, 1.54) is 34.2 Å². The number of methoxy groups -OCH3 is 2. The molecular weight excluding hydrogens is 286 g/mol. The highest BCUT2D eigenvalue weighted by Gasteiger charge is 2.35. The number of benzene rings is 2. The van der Waals surface area contributed by atoms with E-state index in [0.717, 1.165) is 24.5 Å². The topological polar surface area (TPSA) is 30.5 Å². The number of hydrogen-bond donors (Lipinski definition) is 1. The Hall–Kier alpha value is -2.00. The van der Waals surface area contributed by atoms with Crippen LogP contribution in [0.2, 0.25) is 0 Å². The Morgan fingerprint density at radius 1 is 0.957 bits per heavy atom. The molecule has 0 spiro atoms. The highest BCUT2D eigenvalue weighted by Crippen LogP contribution is 2.44. The van der Waals surface area contributed by atoms with E-state index in [0.29, 0.717) is 12.0 Å². The van der Waals surface area contributed by atoms with E-state index in [2.05, 4.69) is 42.6 Å². The van der Waals surface area contributed by atoms with Gasteiger partial charge in [-0.3, -0.25) is 0 Å². The number of aryl methyl sites for hydroxylation is 2. The Balaban J connectivity index is 1.88. The van der Waals surface area contributed by atoms with E-state index >= 15 is 0 Å². The predicted octanol–water partition coefficient (Wildman–Crippen LogP) is 3.56. The Bertz CT molecular complexity index is 754. The lowest BCUT2D eigenvalue weighted by atomic mass is 9.72. The SMILES string of the molecule is COc1cc2c(cc1OC)C1c3ccc(C)cc3CNC1CC2. The van der Waals surface area contributed by atoms with Gasteiger partial charge in [0.05, 0.1) is 14.2 Å². The maximum Gasteiger partial charge on any atom is 0.161 e. The van der Waals surface area contributed by atoms with E-state index < -0.39 is 0 Å². The first-order chi connectivity index (χ1) is 11.2. The van der Waals surface area contributed by atoms with Crippen molar-refractivity contribution < 1.29 is 9.47 Å². The van der Waals surface area contributed by atoms with Crippen LogP contribution in [0.15, 0.2) is 30.3 Å². The van der Waals surface area contributed by atoms with Crippen LogP contribution in [-0.2, 0) is 13.0 Å². The molecule has 0 saturated heterocycles. The smallest absolute Gasteiger partial charge is 0.161 e. The van der Waals surface area contributed by atoms with E-state index in [1.807, 2.05) is 0 Å². The molecule has 0 bridgehead atoms. The Morgan fingerprint density at radius 3 is 2.52 bits per heavy atom. The molecule has 2 unspecified atom stereocenters. The molecule has 1 N–H and O–H groups in total. The molecule has 1 aliphatic carbocycles. The zero-order valence-corrected chi connectivity index (χ0v) is 14.0. The van der Waals surface area contributed by atoms with Gasteiger partial charge >= 0.3 is 0 Å². The van der Waals surface area contributed by atoms with E-state index in [4.69, 9.17) is 9.47 Å². The molecule has 0 amide bonds. The molecule has 1 heterocycles. The van der Waals surface area contributed by atoms with Gasteiger partial charge in [-0.25, -0.2) is 0 Å². The quantitative estimate of drug-likeness (QED) is 0.920. The number of rotatable bonds is 2. The van der Waals surface area contributed by atoms with E-state index in [1.54, 1.807) is 14.2 Å². The van der Waals surface area contributed by atoms with Crippen LogP contribution >= 0.6 is 0 Å². The van der Waals surface area contributed by atoms with Crippen LogP contribution in [0.3, 0.4) is 0 Å². The summed E-state index contributed by atoms with van der Waals surface area (Å²) >= 11 is 0. The molecule has 1 aliphatic heterocycles.